The van der Waals surface area contributed by atoms with Gasteiger partial charge in [0, 0.05) is 52.9 Å². The van der Waals surface area contributed by atoms with E-state index in [-0.39, 0.29) is 29.2 Å². The van der Waals surface area contributed by atoms with Crippen molar-refractivity contribution >= 4 is 57.9 Å². The van der Waals surface area contributed by atoms with Crippen molar-refractivity contribution < 1.29 is 23.1 Å². The lowest BCUT2D eigenvalue weighted by Crippen LogP contribution is -2.37. The van der Waals surface area contributed by atoms with Crippen LogP contribution in [0.2, 0.25) is 5.02 Å². The van der Waals surface area contributed by atoms with Crippen LogP contribution in [0.25, 0.3) is 11.1 Å². The Kier molecular flexibility index (Phi) is 7.78. The number of aliphatic imine (C=N–C) groups is 1. The molecule has 11 nitrogen and oxygen atoms in total. The molecule has 0 aliphatic carbocycles. The van der Waals surface area contributed by atoms with Crippen LogP contribution in [-0.2, 0) is 9.53 Å². The van der Waals surface area contributed by atoms with Gasteiger partial charge in [-0.05, 0) is 50.2 Å². The fraction of sp³-hybridized carbons (Fsp3) is 0.233. The number of amides is 1. The molecule has 0 spiro atoms. The van der Waals surface area contributed by atoms with Gasteiger partial charge in [0.2, 0.25) is 5.96 Å². The molecule has 2 aromatic carbocycles. The maximum absolute atomic E-state index is 13.7. The largest absolute Gasteiger partial charge is 0.423 e. The number of morpholine rings is 1. The summed E-state index contributed by atoms with van der Waals surface area (Å²) in [5.41, 5.74) is 3.45. The Balaban J connectivity index is 1.35. The first-order chi connectivity index (χ1) is 20.7. The molecule has 2 aliphatic rings. The van der Waals surface area contributed by atoms with Gasteiger partial charge in [-0.1, -0.05) is 17.7 Å². The highest BCUT2D eigenvalue weighted by atomic mass is 35.5. The quantitative estimate of drug-likeness (QED) is 0.258. The second-order valence-corrected chi connectivity index (χ2v) is 10.5. The molecule has 0 radical (unpaired) electrons. The van der Waals surface area contributed by atoms with E-state index < -0.39 is 17.8 Å². The van der Waals surface area contributed by atoms with E-state index in [0.29, 0.717) is 46.2 Å². The van der Waals surface area contributed by atoms with E-state index in [9.17, 15) is 14.0 Å². The molecule has 3 N–H and O–H groups in total. The number of guanidine groups is 1. The first kappa shape index (κ1) is 28.3. The molecular weight excluding hydrogens is 577 g/mol. The summed E-state index contributed by atoms with van der Waals surface area (Å²) >= 11 is 6.85. The van der Waals surface area contributed by atoms with E-state index in [1.165, 1.54) is 37.4 Å². The zero-order valence-electron chi connectivity index (χ0n) is 23.3. The van der Waals surface area contributed by atoms with Crippen molar-refractivity contribution in [2.75, 3.05) is 41.8 Å². The van der Waals surface area contributed by atoms with Crippen molar-refractivity contribution in [3.63, 3.8) is 0 Å². The summed E-state index contributed by atoms with van der Waals surface area (Å²) in [6, 6.07) is 12.0. The Morgan fingerprint density at radius 1 is 1.12 bits per heavy atom. The Hall–Kier alpha value is -4.81. The van der Waals surface area contributed by atoms with Crippen LogP contribution in [0.1, 0.15) is 35.8 Å². The van der Waals surface area contributed by atoms with Crippen molar-refractivity contribution in [2.45, 2.75) is 19.9 Å². The van der Waals surface area contributed by atoms with E-state index >= 15 is 0 Å². The number of benzene rings is 2. The van der Waals surface area contributed by atoms with Crippen LogP contribution in [0.4, 0.5) is 21.9 Å². The molecule has 220 valence electrons. The molecule has 1 fully saturated rings. The number of carbonyl (C=O) groups is 2. The Morgan fingerprint density at radius 3 is 2.70 bits per heavy atom. The van der Waals surface area contributed by atoms with E-state index in [0.717, 1.165) is 18.8 Å². The number of nitrogens with one attached hydrogen (secondary N) is 3. The molecule has 1 atom stereocenters. The van der Waals surface area contributed by atoms with Crippen LogP contribution < -0.4 is 20.9 Å². The second-order valence-electron chi connectivity index (χ2n) is 10.0. The Bertz CT molecular complexity index is 1800. The predicted molar refractivity (Wildman–Crippen MR) is 161 cm³/mol. The molecule has 4 heterocycles. The monoisotopic (exact) mass is 603 g/mol. The predicted octanol–water partition coefficient (Wildman–Crippen LogP) is 5.08. The van der Waals surface area contributed by atoms with Crippen LogP contribution in [0.15, 0.2) is 75.4 Å². The highest BCUT2D eigenvalue weighted by Gasteiger charge is 2.32. The number of fused-ring (bicyclic) bond motifs is 1. The molecule has 6 rings (SSSR count). The lowest BCUT2D eigenvalue weighted by molar-refractivity contribution is -0.113. The van der Waals surface area contributed by atoms with Gasteiger partial charge in [-0.2, -0.15) is 4.98 Å². The zero-order valence-corrected chi connectivity index (χ0v) is 24.0. The topological polar surface area (TPSA) is 134 Å². The van der Waals surface area contributed by atoms with Gasteiger partial charge in [0.25, 0.3) is 5.91 Å². The standard InChI is InChI=1S/C30H27ClFN7O4/c1-16-26(28(41)36-25-13-18(17(2)40)7-8-33-25)27(21-5-4-20(15-22(21)31)39-9-11-42-12-10-39)37-29(34-16)38-30-35-23-6-3-19(32)14-24(23)43-30/h3-8,13-15,27H,9-12H2,1-2H3,(H,33,36,41)(H2,34,35,37,38). The normalized spacial score (nSPS) is 17.0. The highest BCUT2D eigenvalue weighted by Crippen LogP contribution is 2.37. The number of oxazole rings is 1. The fourth-order valence-corrected chi connectivity index (χ4v) is 5.25. The summed E-state index contributed by atoms with van der Waals surface area (Å²) in [4.78, 5) is 41.1. The van der Waals surface area contributed by atoms with E-state index in [2.05, 4.69) is 30.8 Å². The number of anilines is 3. The molecule has 43 heavy (non-hydrogen) atoms. The Morgan fingerprint density at radius 2 is 1.93 bits per heavy atom. The smallest absolute Gasteiger partial charge is 0.302 e. The summed E-state index contributed by atoms with van der Waals surface area (Å²) in [6.07, 6.45) is 1.46. The molecule has 0 saturated carbocycles. The minimum atomic E-state index is -0.840. The third kappa shape index (κ3) is 6.06. The molecule has 0 bridgehead atoms. The van der Waals surface area contributed by atoms with Gasteiger partial charge in [0.15, 0.2) is 11.4 Å². The minimum absolute atomic E-state index is 0.0883. The fourth-order valence-electron chi connectivity index (χ4n) is 4.97. The van der Waals surface area contributed by atoms with Crippen LogP contribution in [0, 0.1) is 5.82 Å². The van der Waals surface area contributed by atoms with Crippen molar-refractivity contribution in [1.82, 2.24) is 15.3 Å². The van der Waals surface area contributed by atoms with Gasteiger partial charge in [-0.25, -0.2) is 14.4 Å². The minimum Gasteiger partial charge on any atom is -0.423 e. The molecule has 2 aromatic heterocycles. The first-order valence-corrected chi connectivity index (χ1v) is 13.9. The number of pyridine rings is 1. The number of hydrogen-bond donors (Lipinski definition) is 3. The average molecular weight is 604 g/mol. The van der Waals surface area contributed by atoms with Gasteiger partial charge in [-0.3, -0.25) is 14.9 Å². The van der Waals surface area contributed by atoms with Crippen LogP contribution >= 0.6 is 11.6 Å². The summed E-state index contributed by atoms with van der Waals surface area (Å²) in [5, 5.41) is 9.29. The van der Waals surface area contributed by atoms with E-state index in [1.54, 1.807) is 13.0 Å². The first-order valence-electron chi connectivity index (χ1n) is 13.5. The molecule has 1 saturated heterocycles. The SMILES string of the molecule is CC(=O)c1ccnc(NC(=O)C2=C(C)NC(Nc3nc4ccc(F)cc4o3)=NC2c2ccc(N3CCOCC3)cc2Cl)c1. The summed E-state index contributed by atoms with van der Waals surface area (Å²) in [5.74, 6) is -0.610. The van der Waals surface area contributed by atoms with Crippen LogP contribution in [-0.4, -0.2) is 53.9 Å². The van der Waals surface area contributed by atoms with Gasteiger partial charge in [0.1, 0.15) is 23.2 Å². The number of Topliss-reactive ketones (excluding diaryl/α,β-unsaturated/α-hetero) is 1. The summed E-state index contributed by atoms with van der Waals surface area (Å²) < 4.78 is 24.8. The van der Waals surface area contributed by atoms with Crippen LogP contribution in [0.5, 0.6) is 0 Å². The maximum atomic E-state index is 13.7. The second kappa shape index (κ2) is 11.8. The van der Waals surface area contributed by atoms with Gasteiger partial charge >= 0.3 is 6.01 Å². The average Bonchev–Trinajstić information content (AvgIpc) is 3.38. The molecule has 13 heteroatoms. The number of carbonyl (C=O) groups excluding carboxylic acids is 2. The van der Waals surface area contributed by atoms with Crippen molar-refractivity contribution in [3.05, 3.63) is 88.0 Å². The maximum Gasteiger partial charge on any atom is 0.302 e. The number of halogens is 2. The number of aromatic nitrogens is 2. The number of rotatable bonds is 6. The van der Waals surface area contributed by atoms with Gasteiger partial charge in [-0.15, -0.1) is 0 Å². The molecule has 1 unspecified atom stereocenters. The van der Waals surface area contributed by atoms with E-state index in [1.807, 2.05) is 18.2 Å². The summed E-state index contributed by atoms with van der Waals surface area (Å²) in [7, 11) is 0. The number of ketones is 1. The van der Waals surface area contributed by atoms with Crippen LogP contribution in [0.3, 0.4) is 0 Å². The highest BCUT2D eigenvalue weighted by molar-refractivity contribution is 6.32. The van der Waals surface area contributed by atoms with Crippen molar-refractivity contribution in [1.29, 1.82) is 0 Å². The molecular formula is C30H27ClFN7O4. The molecule has 2 aliphatic heterocycles. The number of nitrogens with zero attached hydrogens (tertiary/aromatic N) is 4. The Labute approximate surface area is 250 Å². The van der Waals surface area contributed by atoms with Crippen molar-refractivity contribution in [2.24, 2.45) is 4.99 Å². The number of hydrogen-bond acceptors (Lipinski definition) is 10. The molecule has 1 amide bonds. The third-order valence-corrected chi connectivity index (χ3v) is 7.45. The lowest BCUT2D eigenvalue weighted by Gasteiger charge is -2.30. The number of allylic oxidation sites excluding steroid dienone is 1. The van der Waals surface area contributed by atoms with Crippen molar-refractivity contribution in [3.8, 4) is 0 Å². The summed E-state index contributed by atoms with van der Waals surface area (Å²) in [6.45, 7) is 5.90. The van der Waals surface area contributed by atoms with Gasteiger partial charge < -0.3 is 24.7 Å². The lowest BCUT2D eigenvalue weighted by atomic mass is 9.95. The number of ether oxygens (including phenoxy) is 1. The zero-order chi connectivity index (χ0) is 30.1. The molecule has 4 aromatic rings. The van der Waals surface area contributed by atoms with Gasteiger partial charge in [0.05, 0.1) is 18.8 Å². The van der Waals surface area contributed by atoms with E-state index in [4.69, 9.17) is 25.7 Å². The third-order valence-electron chi connectivity index (χ3n) is 7.12.